The van der Waals surface area contributed by atoms with Crippen molar-refractivity contribution in [1.82, 2.24) is 0 Å². The topological polar surface area (TPSA) is 20.2 Å². The Morgan fingerprint density at radius 3 is 2.40 bits per heavy atom. The van der Waals surface area contributed by atoms with Crippen LogP contribution in [0.3, 0.4) is 0 Å². The first-order valence-electron chi connectivity index (χ1n) is 3.56. The molecule has 0 aromatic carbocycles. The van der Waals surface area contributed by atoms with Gasteiger partial charge in [0.1, 0.15) is 0 Å². The van der Waals surface area contributed by atoms with Crippen LogP contribution in [0.4, 0.5) is 0 Å². The molecule has 0 heterocycles. The van der Waals surface area contributed by atoms with Crippen molar-refractivity contribution in [1.29, 1.82) is 0 Å². The fourth-order valence-corrected chi connectivity index (χ4v) is 0.826. The second-order valence-corrected chi connectivity index (χ2v) is 2.82. The lowest BCUT2D eigenvalue weighted by Gasteiger charge is -2.19. The molecule has 0 radical (unpaired) electrons. The van der Waals surface area contributed by atoms with Crippen LogP contribution < -0.4 is 0 Å². The number of hydrogen-bond acceptors (Lipinski definition) is 1. The Hall–Kier alpha value is -0.560. The Labute approximate surface area is 63.1 Å². The fourth-order valence-electron chi connectivity index (χ4n) is 0.826. The Balaban J connectivity index is 3.61. The van der Waals surface area contributed by atoms with E-state index in [1.165, 1.54) is 0 Å². The summed E-state index contributed by atoms with van der Waals surface area (Å²) in [6.07, 6.45) is 5.84. The predicted octanol–water partition coefficient (Wildman–Crippen LogP) is 2.28. The minimum absolute atomic E-state index is 0.587. The van der Waals surface area contributed by atoms with E-state index in [2.05, 4.69) is 13.2 Å². The van der Waals surface area contributed by atoms with Gasteiger partial charge in [0.05, 0.1) is 5.60 Å². The quantitative estimate of drug-likeness (QED) is 0.581. The second kappa shape index (κ2) is 4.29. The van der Waals surface area contributed by atoms with E-state index in [1.807, 2.05) is 13.0 Å². The highest BCUT2D eigenvalue weighted by atomic mass is 16.3. The standard InChI is InChI=1S/C9H16O/c1-4-6-8-9(3,10)7-5-2/h4-5,10H,1-2,6-8H2,3H3. The zero-order valence-corrected chi connectivity index (χ0v) is 6.64. The summed E-state index contributed by atoms with van der Waals surface area (Å²) in [6.45, 7) is 8.97. The van der Waals surface area contributed by atoms with Gasteiger partial charge in [-0.2, -0.15) is 0 Å². The average Bonchev–Trinajstić information content (AvgIpc) is 1.84. The van der Waals surface area contributed by atoms with Crippen molar-refractivity contribution in [3.05, 3.63) is 25.3 Å². The molecule has 0 aromatic rings. The van der Waals surface area contributed by atoms with Gasteiger partial charge in [-0.3, -0.25) is 0 Å². The zero-order valence-electron chi connectivity index (χ0n) is 6.64. The van der Waals surface area contributed by atoms with Crippen LogP contribution in [-0.4, -0.2) is 10.7 Å². The van der Waals surface area contributed by atoms with Gasteiger partial charge < -0.3 is 5.11 Å². The summed E-state index contributed by atoms with van der Waals surface area (Å²) in [5, 5.41) is 9.53. The molecular weight excluding hydrogens is 124 g/mol. The van der Waals surface area contributed by atoms with E-state index in [0.717, 1.165) is 12.8 Å². The van der Waals surface area contributed by atoms with E-state index < -0.39 is 5.60 Å². The summed E-state index contributed by atoms with van der Waals surface area (Å²) in [5.74, 6) is 0. The minimum Gasteiger partial charge on any atom is -0.390 e. The first-order valence-corrected chi connectivity index (χ1v) is 3.56. The molecule has 0 spiro atoms. The SMILES string of the molecule is C=CCCC(C)(O)CC=C. The molecule has 1 atom stereocenters. The normalized spacial score (nSPS) is 15.8. The third-order valence-electron chi connectivity index (χ3n) is 1.47. The van der Waals surface area contributed by atoms with Crippen LogP contribution in [0.1, 0.15) is 26.2 Å². The van der Waals surface area contributed by atoms with Gasteiger partial charge in [0, 0.05) is 0 Å². The molecular formula is C9H16O. The van der Waals surface area contributed by atoms with Gasteiger partial charge in [-0.25, -0.2) is 0 Å². The van der Waals surface area contributed by atoms with Gasteiger partial charge in [0.2, 0.25) is 0 Å². The Morgan fingerprint density at radius 1 is 1.40 bits per heavy atom. The van der Waals surface area contributed by atoms with Crippen LogP contribution in [0.2, 0.25) is 0 Å². The second-order valence-electron chi connectivity index (χ2n) is 2.82. The molecule has 0 saturated heterocycles. The highest BCUT2D eigenvalue weighted by Gasteiger charge is 2.15. The molecule has 0 aromatic heterocycles. The fraction of sp³-hybridized carbons (Fsp3) is 0.556. The van der Waals surface area contributed by atoms with Gasteiger partial charge in [-0.05, 0) is 26.2 Å². The summed E-state index contributed by atoms with van der Waals surface area (Å²) in [5.41, 5.74) is -0.587. The van der Waals surface area contributed by atoms with Gasteiger partial charge in [-0.1, -0.05) is 12.2 Å². The largest absolute Gasteiger partial charge is 0.390 e. The molecule has 0 saturated carbocycles. The van der Waals surface area contributed by atoms with Crippen molar-refractivity contribution in [3.8, 4) is 0 Å². The minimum atomic E-state index is -0.587. The number of aliphatic hydroxyl groups is 1. The van der Waals surface area contributed by atoms with Gasteiger partial charge >= 0.3 is 0 Å². The van der Waals surface area contributed by atoms with Crippen LogP contribution >= 0.6 is 0 Å². The van der Waals surface area contributed by atoms with Crippen molar-refractivity contribution in [2.45, 2.75) is 31.8 Å². The van der Waals surface area contributed by atoms with Crippen molar-refractivity contribution >= 4 is 0 Å². The number of allylic oxidation sites excluding steroid dienone is 1. The molecule has 1 heteroatoms. The first-order chi connectivity index (χ1) is 4.62. The molecule has 1 nitrogen and oxygen atoms in total. The highest BCUT2D eigenvalue weighted by molar-refractivity contribution is 4.84. The molecule has 0 rings (SSSR count). The van der Waals surface area contributed by atoms with Crippen LogP contribution in [0.25, 0.3) is 0 Å². The molecule has 10 heavy (non-hydrogen) atoms. The number of rotatable bonds is 5. The summed E-state index contributed by atoms with van der Waals surface area (Å²) < 4.78 is 0. The third-order valence-corrected chi connectivity index (χ3v) is 1.47. The summed E-state index contributed by atoms with van der Waals surface area (Å²) in [7, 11) is 0. The van der Waals surface area contributed by atoms with E-state index in [9.17, 15) is 5.11 Å². The molecule has 58 valence electrons. The molecule has 1 N–H and O–H groups in total. The molecule has 0 fully saturated rings. The lowest BCUT2D eigenvalue weighted by molar-refractivity contribution is 0.0552. The monoisotopic (exact) mass is 140 g/mol. The summed E-state index contributed by atoms with van der Waals surface area (Å²) >= 11 is 0. The summed E-state index contributed by atoms with van der Waals surface area (Å²) in [6, 6.07) is 0. The van der Waals surface area contributed by atoms with E-state index in [-0.39, 0.29) is 0 Å². The maximum atomic E-state index is 9.53. The smallest absolute Gasteiger partial charge is 0.0656 e. The van der Waals surface area contributed by atoms with Gasteiger partial charge in [0.15, 0.2) is 0 Å². The molecule has 1 unspecified atom stereocenters. The molecule has 0 bridgehead atoms. The molecule has 0 aliphatic carbocycles. The average molecular weight is 140 g/mol. The van der Waals surface area contributed by atoms with E-state index in [1.54, 1.807) is 6.08 Å². The molecule has 0 amide bonds. The predicted molar refractivity (Wildman–Crippen MR) is 44.9 cm³/mol. The third kappa shape index (κ3) is 4.33. The lowest BCUT2D eigenvalue weighted by Crippen LogP contribution is -2.22. The van der Waals surface area contributed by atoms with Crippen LogP contribution in [-0.2, 0) is 0 Å². The van der Waals surface area contributed by atoms with Crippen LogP contribution in [0, 0.1) is 0 Å². The van der Waals surface area contributed by atoms with E-state index in [4.69, 9.17) is 0 Å². The maximum absolute atomic E-state index is 9.53. The Morgan fingerprint density at radius 2 is 2.00 bits per heavy atom. The lowest BCUT2D eigenvalue weighted by atomic mass is 9.96. The highest BCUT2D eigenvalue weighted by Crippen LogP contribution is 2.16. The Bertz CT molecular complexity index is 114. The van der Waals surface area contributed by atoms with Crippen LogP contribution in [0.5, 0.6) is 0 Å². The summed E-state index contributed by atoms with van der Waals surface area (Å²) in [4.78, 5) is 0. The van der Waals surface area contributed by atoms with Gasteiger partial charge in [0.25, 0.3) is 0 Å². The van der Waals surface area contributed by atoms with Crippen molar-refractivity contribution in [3.63, 3.8) is 0 Å². The maximum Gasteiger partial charge on any atom is 0.0656 e. The Kier molecular flexibility index (Phi) is 4.05. The van der Waals surface area contributed by atoms with Crippen molar-refractivity contribution in [2.75, 3.05) is 0 Å². The van der Waals surface area contributed by atoms with Gasteiger partial charge in [-0.15, -0.1) is 13.2 Å². The zero-order chi connectivity index (χ0) is 8.04. The van der Waals surface area contributed by atoms with E-state index in [0.29, 0.717) is 6.42 Å². The van der Waals surface area contributed by atoms with Crippen molar-refractivity contribution in [2.24, 2.45) is 0 Å². The number of hydrogen-bond donors (Lipinski definition) is 1. The van der Waals surface area contributed by atoms with Crippen molar-refractivity contribution < 1.29 is 5.11 Å². The first kappa shape index (κ1) is 9.44. The van der Waals surface area contributed by atoms with E-state index >= 15 is 0 Å². The molecule has 0 aliphatic rings. The molecule has 0 aliphatic heterocycles. The van der Waals surface area contributed by atoms with Crippen LogP contribution in [0.15, 0.2) is 25.3 Å².